The molecule has 4 rings (SSSR count). The highest BCUT2D eigenvalue weighted by Gasteiger charge is 2.05. The molecule has 0 unspecified atom stereocenters. The lowest BCUT2D eigenvalue weighted by molar-refractivity contribution is 0.496. The van der Waals surface area contributed by atoms with Crippen LogP contribution in [0.3, 0.4) is 0 Å². The first-order valence-corrected chi connectivity index (χ1v) is 14.2. The van der Waals surface area contributed by atoms with Crippen LogP contribution >= 0.6 is 23.1 Å². The number of hydrogen-bond donors (Lipinski definition) is 2. The third-order valence-electron chi connectivity index (χ3n) is 5.25. The summed E-state index contributed by atoms with van der Waals surface area (Å²) in [6, 6.07) is 12.9. The van der Waals surface area contributed by atoms with E-state index in [1.54, 1.807) is 11.8 Å². The van der Waals surface area contributed by atoms with Crippen LogP contribution in [0, 0.1) is 6.92 Å². The molecule has 8 heteroatoms. The van der Waals surface area contributed by atoms with Crippen molar-refractivity contribution in [3.05, 3.63) is 81.5 Å². The van der Waals surface area contributed by atoms with E-state index in [2.05, 4.69) is 81.3 Å². The molecule has 0 radical (unpaired) electrons. The van der Waals surface area contributed by atoms with Crippen molar-refractivity contribution in [2.45, 2.75) is 45.8 Å². The van der Waals surface area contributed by atoms with Crippen LogP contribution in [0.15, 0.2) is 63.4 Å². The van der Waals surface area contributed by atoms with Gasteiger partial charge < -0.3 is 10.6 Å². The van der Waals surface area contributed by atoms with E-state index in [1.165, 1.54) is 47.5 Å². The number of nitrogens with one attached hydrogen (secondary N) is 2. The van der Waals surface area contributed by atoms with Gasteiger partial charge in [-0.05, 0) is 80.9 Å². The first kappa shape index (κ1) is 29.6. The van der Waals surface area contributed by atoms with Crippen LogP contribution in [-0.4, -0.2) is 43.2 Å². The Hall–Kier alpha value is -2.65. The lowest BCUT2D eigenvalue weighted by Crippen LogP contribution is -2.37. The van der Waals surface area contributed by atoms with Crippen molar-refractivity contribution in [1.29, 1.82) is 0 Å². The van der Waals surface area contributed by atoms with Gasteiger partial charge in [0, 0.05) is 29.7 Å². The van der Waals surface area contributed by atoms with E-state index in [-0.39, 0.29) is 0 Å². The molecule has 1 aliphatic heterocycles. The number of aryl methyl sites for hydroxylation is 3. The van der Waals surface area contributed by atoms with E-state index in [0.717, 1.165) is 42.3 Å². The topological polar surface area (TPSA) is 74.6 Å². The summed E-state index contributed by atoms with van der Waals surface area (Å²) in [6.07, 6.45) is 5.14. The number of rotatable bonds is 9. The van der Waals surface area contributed by atoms with E-state index in [0.29, 0.717) is 5.13 Å². The fourth-order valence-electron chi connectivity index (χ4n) is 3.39. The molecule has 0 aliphatic carbocycles. The molecule has 2 aromatic heterocycles. The normalized spacial score (nSPS) is 13.0. The predicted octanol–water partition coefficient (Wildman–Crippen LogP) is 6.45. The van der Waals surface area contributed by atoms with Gasteiger partial charge in [0.1, 0.15) is 5.69 Å². The zero-order valence-corrected chi connectivity index (χ0v) is 23.3. The molecule has 0 atom stereocenters. The van der Waals surface area contributed by atoms with Crippen LogP contribution in [0.4, 0.5) is 5.13 Å². The first-order valence-electron chi connectivity index (χ1n) is 12.3. The number of aromatic nitrogens is 2. The van der Waals surface area contributed by atoms with E-state index in [9.17, 15) is 0 Å². The first-order chi connectivity index (χ1) is 17.7. The van der Waals surface area contributed by atoms with Crippen molar-refractivity contribution in [3.63, 3.8) is 0 Å². The lowest BCUT2D eigenvalue weighted by Gasteiger charge is -2.11. The second kappa shape index (κ2) is 17.7. The molecule has 1 aliphatic rings. The van der Waals surface area contributed by atoms with Gasteiger partial charge in [0.2, 0.25) is 5.13 Å². The minimum absolute atomic E-state index is 0.645. The third kappa shape index (κ3) is 10.5. The molecule has 192 valence electrons. The van der Waals surface area contributed by atoms with Gasteiger partial charge in [0.05, 0.1) is 5.70 Å². The smallest absolute Gasteiger partial charge is 0.209 e. The zero-order chi connectivity index (χ0) is 26.0. The Labute approximate surface area is 224 Å². The van der Waals surface area contributed by atoms with Crippen LogP contribution in [0.2, 0.25) is 0 Å². The Morgan fingerprint density at radius 3 is 2.50 bits per heavy atom. The summed E-state index contributed by atoms with van der Waals surface area (Å²) in [5.74, 6) is 0.871. The van der Waals surface area contributed by atoms with Gasteiger partial charge in [0.25, 0.3) is 0 Å². The average Bonchev–Trinajstić information content (AvgIpc) is 3.43. The molecule has 0 spiro atoms. The van der Waals surface area contributed by atoms with Crippen LogP contribution in [0.25, 0.3) is 5.70 Å². The average molecular weight is 523 g/mol. The van der Waals surface area contributed by atoms with Crippen molar-refractivity contribution >= 4 is 47.4 Å². The molecule has 3 aromatic rings. The molecule has 36 heavy (non-hydrogen) atoms. The number of thiazole rings is 1. The molecule has 6 nitrogen and oxygen atoms in total. The highest BCUT2D eigenvalue weighted by atomic mass is 32.2. The van der Waals surface area contributed by atoms with Gasteiger partial charge in [-0.15, -0.1) is 23.1 Å². The Morgan fingerprint density at radius 2 is 1.89 bits per heavy atom. The summed E-state index contributed by atoms with van der Waals surface area (Å²) in [5, 5.41) is 10.9. The fourth-order valence-corrected chi connectivity index (χ4v) is 4.81. The van der Waals surface area contributed by atoms with Crippen molar-refractivity contribution < 1.29 is 0 Å². The number of hydrogen-bond acceptors (Lipinski definition) is 8. The molecule has 1 saturated heterocycles. The minimum Gasteiger partial charge on any atom is -0.304 e. The largest absolute Gasteiger partial charge is 0.304 e. The summed E-state index contributed by atoms with van der Waals surface area (Å²) in [5.41, 5.74) is 6.60. The quantitative estimate of drug-likeness (QED) is 0.316. The lowest BCUT2D eigenvalue weighted by atomic mass is 10.0. The van der Waals surface area contributed by atoms with Crippen molar-refractivity contribution in [2.24, 2.45) is 9.98 Å². The maximum absolute atomic E-state index is 4.37. The molecule has 0 amide bonds. The molecule has 0 bridgehead atoms. The molecule has 3 heterocycles. The Kier molecular flexibility index (Phi) is 14.6. The summed E-state index contributed by atoms with van der Waals surface area (Å²) < 4.78 is 0. The summed E-state index contributed by atoms with van der Waals surface area (Å²) >= 11 is 3.14. The van der Waals surface area contributed by atoms with Gasteiger partial charge in [-0.3, -0.25) is 9.98 Å². The van der Waals surface area contributed by atoms with E-state index >= 15 is 0 Å². The zero-order valence-electron chi connectivity index (χ0n) is 21.7. The standard InChI is InChI=1S/C22H22N4S2.C4H10N2.C2H6/c1-16-19(8-5-11-25-16)10-9-17-6-4-7-18(12-17)13-27-14-20(23-2)21-15-28-22(24-3)26-21;1-2-5-4-6-3-1;1-2/h4-8,11-12,14-15H,2-3,9-10,13H2,1H3;5-6H,1-4H2;1-2H3/b20-14-;;. The van der Waals surface area contributed by atoms with Crippen molar-refractivity contribution in [2.75, 3.05) is 19.8 Å². The highest BCUT2D eigenvalue weighted by molar-refractivity contribution is 8.01. The maximum atomic E-state index is 4.37. The Morgan fingerprint density at radius 1 is 1.11 bits per heavy atom. The Bertz CT molecular complexity index is 1080. The number of pyridine rings is 1. The van der Waals surface area contributed by atoms with Crippen LogP contribution in [-0.2, 0) is 18.6 Å². The van der Waals surface area contributed by atoms with Crippen molar-refractivity contribution in [1.82, 2.24) is 20.6 Å². The monoisotopic (exact) mass is 522 g/mol. The van der Waals surface area contributed by atoms with E-state index < -0.39 is 0 Å². The summed E-state index contributed by atoms with van der Waals surface area (Å²) in [7, 11) is 0. The van der Waals surface area contributed by atoms with E-state index in [1.807, 2.05) is 36.9 Å². The molecule has 2 N–H and O–H groups in total. The van der Waals surface area contributed by atoms with Crippen LogP contribution < -0.4 is 10.6 Å². The second-order valence-corrected chi connectivity index (χ2v) is 9.44. The van der Waals surface area contributed by atoms with E-state index in [4.69, 9.17) is 0 Å². The SMILES string of the molecule is C1CNCNC1.C=N/C(=C\SCc1cccc(CCc2cccnc2C)c1)c1csc(N=C)n1.CC. The molecular weight excluding hydrogens is 484 g/mol. The van der Waals surface area contributed by atoms with Crippen LogP contribution in [0.5, 0.6) is 0 Å². The number of aliphatic imine (C=N–C) groups is 2. The maximum Gasteiger partial charge on any atom is 0.209 e. The van der Waals surface area contributed by atoms with Gasteiger partial charge in [-0.2, -0.15) is 0 Å². The van der Waals surface area contributed by atoms with Gasteiger partial charge in [-0.1, -0.05) is 44.2 Å². The summed E-state index contributed by atoms with van der Waals surface area (Å²) in [4.78, 5) is 16.7. The molecule has 1 fully saturated rings. The number of benzene rings is 1. The Balaban J connectivity index is 0.000000491. The highest BCUT2D eigenvalue weighted by Crippen LogP contribution is 2.27. The van der Waals surface area contributed by atoms with Gasteiger partial charge >= 0.3 is 0 Å². The number of nitrogens with zero attached hydrogens (tertiary/aromatic N) is 4. The summed E-state index contributed by atoms with van der Waals surface area (Å²) in [6.45, 7) is 16.6. The third-order valence-corrected chi connectivity index (χ3v) is 6.92. The van der Waals surface area contributed by atoms with Crippen LogP contribution in [0.1, 0.15) is 48.3 Å². The van der Waals surface area contributed by atoms with Crippen molar-refractivity contribution in [3.8, 4) is 0 Å². The molecule has 0 saturated carbocycles. The molecule has 1 aromatic carbocycles. The number of thioether (sulfide) groups is 1. The minimum atomic E-state index is 0.645. The molecular formula is C28H38N6S2. The fraction of sp³-hybridized carbons (Fsp3) is 0.357. The van der Waals surface area contributed by atoms with Gasteiger partial charge in [0.15, 0.2) is 0 Å². The predicted molar refractivity (Wildman–Crippen MR) is 160 cm³/mol. The second-order valence-electron chi connectivity index (χ2n) is 7.74. The van der Waals surface area contributed by atoms with Gasteiger partial charge in [-0.25, -0.2) is 9.98 Å².